The molecule has 6 nitrogen and oxygen atoms in total. The summed E-state index contributed by atoms with van der Waals surface area (Å²) in [6, 6.07) is 0. The van der Waals surface area contributed by atoms with E-state index in [9.17, 15) is 14.4 Å². The van der Waals surface area contributed by atoms with Gasteiger partial charge in [0.2, 0.25) is 0 Å². The number of unbranched alkanes of at least 4 members (excludes halogenated alkanes) is 23. The molecular formula is C65H108O6. The smallest absolute Gasteiger partial charge is 0.306 e. The third-order valence-corrected chi connectivity index (χ3v) is 12.2. The van der Waals surface area contributed by atoms with Crippen LogP contribution in [0.5, 0.6) is 0 Å². The monoisotopic (exact) mass is 985 g/mol. The number of hydrogen-bond donors (Lipinski definition) is 0. The van der Waals surface area contributed by atoms with Crippen molar-refractivity contribution in [3.63, 3.8) is 0 Å². The number of allylic oxidation sites excluding steroid dienone is 18. The molecule has 0 N–H and O–H groups in total. The molecule has 0 aliphatic heterocycles. The molecule has 0 bridgehead atoms. The van der Waals surface area contributed by atoms with Crippen LogP contribution in [0.1, 0.15) is 265 Å². The van der Waals surface area contributed by atoms with Crippen molar-refractivity contribution < 1.29 is 28.6 Å². The standard InChI is InChI=1S/C65H108O6/c1-4-7-10-13-16-19-22-24-26-27-28-29-30-31-32-33-34-35-36-37-39-40-43-46-49-52-55-58-64(67)70-61-62(60-69-63(66)57-54-51-48-45-42-21-18-15-12-9-6-3)71-65(68)59-56-53-50-47-44-41-38-25-23-20-17-14-11-8-5-2/h7,10,15-16,18-19,24-26,28-29,31-32,34-35,37-39,62H,4-6,8-9,11-14,17,20-23,27,30,33,36,40-61H2,1-3H3/b10-7-,18-15-,19-16-,26-24-,29-28-,32-31-,35-34-,38-25-,39-37-. The van der Waals surface area contributed by atoms with E-state index in [1.165, 1.54) is 77.0 Å². The van der Waals surface area contributed by atoms with Gasteiger partial charge >= 0.3 is 17.9 Å². The minimum Gasteiger partial charge on any atom is -0.462 e. The lowest BCUT2D eigenvalue weighted by atomic mass is 10.1. The Morgan fingerprint density at radius 2 is 0.563 bits per heavy atom. The Kier molecular flexibility index (Phi) is 55.4. The summed E-state index contributed by atoms with van der Waals surface area (Å²) in [5.74, 6) is -0.930. The van der Waals surface area contributed by atoms with Crippen LogP contribution < -0.4 is 0 Å². The molecule has 6 heteroatoms. The minimum atomic E-state index is -0.795. The van der Waals surface area contributed by atoms with E-state index in [1.807, 2.05) is 0 Å². The quantitative estimate of drug-likeness (QED) is 0.0261. The largest absolute Gasteiger partial charge is 0.462 e. The summed E-state index contributed by atoms with van der Waals surface area (Å²) >= 11 is 0. The highest BCUT2D eigenvalue weighted by Crippen LogP contribution is 2.14. The van der Waals surface area contributed by atoms with Crippen LogP contribution in [0.25, 0.3) is 0 Å². The van der Waals surface area contributed by atoms with Crippen LogP contribution in [0.3, 0.4) is 0 Å². The van der Waals surface area contributed by atoms with Gasteiger partial charge < -0.3 is 14.2 Å². The molecule has 0 radical (unpaired) electrons. The Hall–Kier alpha value is -3.93. The van der Waals surface area contributed by atoms with E-state index in [4.69, 9.17) is 14.2 Å². The van der Waals surface area contributed by atoms with Crippen molar-refractivity contribution >= 4 is 17.9 Å². The lowest BCUT2D eigenvalue weighted by Crippen LogP contribution is -2.30. The second-order valence-electron chi connectivity index (χ2n) is 19.2. The molecule has 0 aliphatic rings. The fourth-order valence-corrected chi connectivity index (χ4v) is 7.81. The van der Waals surface area contributed by atoms with Gasteiger partial charge in [-0.1, -0.05) is 233 Å². The molecule has 0 saturated carbocycles. The van der Waals surface area contributed by atoms with Gasteiger partial charge in [-0.2, -0.15) is 0 Å². The maximum absolute atomic E-state index is 12.8. The van der Waals surface area contributed by atoms with Gasteiger partial charge in [-0.3, -0.25) is 14.4 Å². The maximum Gasteiger partial charge on any atom is 0.306 e. The van der Waals surface area contributed by atoms with Crippen LogP contribution in [0.2, 0.25) is 0 Å². The van der Waals surface area contributed by atoms with Crippen LogP contribution in [0.15, 0.2) is 109 Å². The lowest BCUT2D eigenvalue weighted by molar-refractivity contribution is -0.167. The average molecular weight is 986 g/mol. The Morgan fingerprint density at radius 3 is 0.915 bits per heavy atom. The van der Waals surface area contributed by atoms with Crippen LogP contribution in [-0.2, 0) is 28.6 Å². The van der Waals surface area contributed by atoms with Crippen molar-refractivity contribution in [1.82, 2.24) is 0 Å². The summed E-state index contributed by atoms with van der Waals surface area (Å²) in [5, 5.41) is 0. The number of ether oxygens (including phenoxy) is 3. The van der Waals surface area contributed by atoms with Gasteiger partial charge in [-0.15, -0.1) is 0 Å². The number of rotatable bonds is 52. The fraction of sp³-hybridized carbons (Fsp3) is 0.677. The highest BCUT2D eigenvalue weighted by atomic mass is 16.6. The molecule has 0 heterocycles. The summed E-state index contributed by atoms with van der Waals surface area (Å²) in [4.78, 5) is 38.1. The van der Waals surface area contributed by atoms with Gasteiger partial charge in [0.1, 0.15) is 13.2 Å². The third-order valence-electron chi connectivity index (χ3n) is 12.2. The van der Waals surface area contributed by atoms with E-state index in [1.54, 1.807) is 0 Å². The molecule has 71 heavy (non-hydrogen) atoms. The molecule has 0 aromatic carbocycles. The summed E-state index contributed by atoms with van der Waals surface area (Å²) in [6.07, 6.45) is 79.4. The molecule has 0 amide bonds. The Bertz CT molecular complexity index is 1460. The zero-order valence-electron chi connectivity index (χ0n) is 46.2. The van der Waals surface area contributed by atoms with E-state index in [0.717, 1.165) is 148 Å². The summed E-state index contributed by atoms with van der Waals surface area (Å²) in [7, 11) is 0. The molecule has 1 atom stereocenters. The highest BCUT2D eigenvalue weighted by molar-refractivity contribution is 5.71. The van der Waals surface area contributed by atoms with E-state index in [-0.39, 0.29) is 31.1 Å². The van der Waals surface area contributed by atoms with Gasteiger partial charge in [0, 0.05) is 19.3 Å². The number of carbonyl (C=O) groups excluding carboxylic acids is 3. The van der Waals surface area contributed by atoms with Crippen molar-refractivity contribution in [3.8, 4) is 0 Å². The Balaban J connectivity index is 4.35. The van der Waals surface area contributed by atoms with Gasteiger partial charge in [0.25, 0.3) is 0 Å². The first-order valence-corrected chi connectivity index (χ1v) is 29.4. The van der Waals surface area contributed by atoms with E-state index in [2.05, 4.69) is 130 Å². The molecule has 0 fully saturated rings. The highest BCUT2D eigenvalue weighted by Gasteiger charge is 2.19. The normalized spacial score (nSPS) is 12.9. The van der Waals surface area contributed by atoms with Crippen molar-refractivity contribution in [1.29, 1.82) is 0 Å². The summed E-state index contributed by atoms with van der Waals surface area (Å²) < 4.78 is 16.8. The molecule has 0 aliphatic carbocycles. The molecule has 0 aromatic rings. The van der Waals surface area contributed by atoms with E-state index in [0.29, 0.717) is 19.3 Å². The molecule has 0 saturated heterocycles. The molecule has 0 aromatic heterocycles. The van der Waals surface area contributed by atoms with Crippen molar-refractivity contribution in [3.05, 3.63) is 109 Å². The Morgan fingerprint density at radius 1 is 0.296 bits per heavy atom. The number of carbonyl (C=O) groups is 3. The van der Waals surface area contributed by atoms with Gasteiger partial charge in [0.05, 0.1) is 0 Å². The molecule has 404 valence electrons. The first-order chi connectivity index (χ1) is 35.0. The third kappa shape index (κ3) is 56.9. The second kappa shape index (κ2) is 58.6. The zero-order chi connectivity index (χ0) is 51.4. The first kappa shape index (κ1) is 67.1. The Labute approximate surface area is 438 Å². The van der Waals surface area contributed by atoms with Crippen LogP contribution in [0, 0.1) is 0 Å². The molecule has 0 rings (SSSR count). The van der Waals surface area contributed by atoms with Gasteiger partial charge in [0.15, 0.2) is 6.10 Å². The zero-order valence-corrected chi connectivity index (χ0v) is 46.2. The molecule has 0 spiro atoms. The summed E-state index contributed by atoms with van der Waals surface area (Å²) in [5.41, 5.74) is 0. The topological polar surface area (TPSA) is 78.9 Å². The van der Waals surface area contributed by atoms with Crippen molar-refractivity contribution in [2.24, 2.45) is 0 Å². The minimum absolute atomic E-state index is 0.0928. The first-order valence-electron chi connectivity index (χ1n) is 29.4. The maximum atomic E-state index is 12.8. The fourth-order valence-electron chi connectivity index (χ4n) is 7.81. The van der Waals surface area contributed by atoms with E-state index < -0.39 is 6.10 Å². The summed E-state index contributed by atoms with van der Waals surface area (Å²) in [6.45, 7) is 6.45. The van der Waals surface area contributed by atoms with Crippen LogP contribution in [-0.4, -0.2) is 37.2 Å². The lowest BCUT2D eigenvalue weighted by Gasteiger charge is -2.18. The van der Waals surface area contributed by atoms with Crippen molar-refractivity contribution in [2.45, 2.75) is 271 Å². The number of hydrogen-bond acceptors (Lipinski definition) is 6. The van der Waals surface area contributed by atoms with Crippen LogP contribution in [0.4, 0.5) is 0 Å². The van der Waals surface area contributed by atoms with Gasteiger partial charge in [-0.05, 0) is 122 Å². The molecule has 1 unspecified atom stereocenters. The van der Waals surface area contributed by atoms with Crippen molar-refractivity contribution in [2.75, 3.05) is 13.2 Å². The van der Waals surface area contributed by atoms with Crippen LogP contribution >= 0.6 is 0 Å². The average Bonchev–Trinajstić information content (AvgIpc) is 3.37. The van der Waals surface area contributed by atoms with E-state index >= 15 is 0 Å². The SMILES string of the molecule is CC/C=C\C/C=C\C/C=C\C/C=C\C/C=C\C/C=C\C/C=C\CCCCCCCC(=O)OCC(COC(=O)CCCCCCC/C=C\CCCC)OC(=O)CCCCCCC/C=C\CCCCCCCC. The number of esters is 3. The second-order valence-corrected chi connectivity index (χ2v) is 19.2. The molecular weight excluding hydrogens is 877 g/mol. The predicted octanol–water partition coefficient (Wildman–Crippen LogP) is 19.9. The van der Waals surface area contributed by atoms with Gasteiger partial charge in [-0.25, -0.2) is 0 Å². The predicted molar refractivity (Wildman–Crippen MR) is 307 cm³/mol.